The molecule has 19 heavy (non-hydrogen) atoms. The fourth-order valence-corrected chi connectivity index (χ4v) is 2.91. The van der Waals surface area contributed by atoms with E-state index in [9.17, 15) is 0 Å². The van der Waals surface area contributed by atoms with E-state index in [2.05, 4.69) is 48.8 Å². The summed E-state index contributed by atoms with van der Waals surface area (Å²) >= 11 is 2.03. The minimum Gasteiger partial charge on any atom is -0.345 e. The van der Waals surface area contributed by atoms with E-state index in [1.165, 1.54) is 6.42 Å². The van der Waals surface area contributed by atoms with E-state index < -0.39 is 0 Å². The molecule has 0 fully saturated rings. The second kappa shape index (κ2) is 5.87. The molecule has 0 aliphatic rings. The number of benzene rings is 1. The number of anilines is 1. The van der Waals surface area contributed by atoms with Crippen LogP contribution in [0.2, 0.25) is 0 Å². The average Bonchev–Trinajstić information content (AvgIpc) is 2.82. The number of thioether (sulfide) groups is 1. The summed E-state index contributed by atoms with van der Waals surface area (Å²) in [7, 11) is 2.09. The van der Waals surface area contributed by atoms with E-state index in [-0.39, 0.29) is 0 Å². The van der Waals surface area contributed by atoms with Crippen molar-refractivity contribution in [1.82, 2.24) is 9.97 Å². The molecule has 0 spiro atoms. The number of aromatic nitrogens is 2. The van der Waals surface area contributed by atoms with Crippen molar-refractivity contribution in [2.75, 3.05) is 24.2 Å². The summed E-state index contributed by atoms with van der Waals surface area (Å²) in [5.74, 6) is 2.07. The van der Waals surface area contributed by atoms with Gasteiger partial charge in [-0.2, -0.15) is 11.8 Å². The number of imidazole rings is 1. The largest absolute Gasteiger partial charge is 0.345 e. The Kier molecular flexibility index (Phi) is 4.40. The zero-order valence-corrected chi connectivity index (χ0v) is 13.0. The fraction of sp³-hybridized carbons (Fsp3) is 0.533. The lowest BCUT2D eigenvalue weighted by Gasteiger charge is -2.23. The third-order valence-electron chi connectivity index (χ3n) is 3.51. The van der Waals surface area contributed by atoms with Gasteiger partial charge in [-0.1, -0.05) is 32.9 Å². The number of fused-ring (bicyclic) bond motifs is 1. The van der Waals surface area contributed by atoms with E-state index in [1.54, 1.807) is 0 Å². The van der Waals surface area contributed by atoms with Crippen molar-refractivity contribution in [2.24, 2.45) is 0 Å². The number of aromatic amines is 1. The summed E-state index contributed by atoms with van der Waals surface area (Å²) in [4.78, 5) is 10.2. The van der Waals surface area contributed by atoms with Gasteiger partial charge in [0.2, 0.25) is 5.95 Å². The molecule has 0 atom stereocenters. The van der Waals surface area contributed by atoms with Crippen LogP contribution in [0.5, 0.6) is 0 Å². The molecule has 1 aromatic heterocycles. The standard InChI is InChI=1S/C15H23N3S/c1-5-15(2,3)19-11-10-18(4)14-16-12-8-6-7-9-13(12)17-14/h6-9H,5,10-11H2,1-4H3,(H,16,17). The van der Waals surface area contributed by atoms with Crippen LogP contribution in [0.15, 0.2) is 24.3 Å². The first-order chi connectivity index (χ1) is 9.02. The molecule has 0 unspecified atom stereocenters. The number of H-pyrrole nitrogens is 1. The van der Waals surface area contributed by atoms with Gasteiger partial charge in [-0.05, 0) is 18.6 Å². The molecule has 0 aliphatic heterocycles. The highest BCUT2D eigenvalue weighted by Crippen LogP contribution is 2.27. The molecule has 1 aromatic carbocycles. The molecule has 2 aromatic rings. The highest BCUT2D eigenvalue weighted by atomic mass is 32.2. The number of rotatable bonds is 6. The van der Waals surface area contributed by atoms with Gasteiger partial charge >= 0.3 is 0 Å². The van der Waals surface area contributed by atoms with Gasteiger partial charge in [0, 0.05) is 24.1 Å². The number of hydrogen-bond acceptors (Lipinski definition) is 3. The van der Waals surface area contributed by atoms with E-state index in [4.69, 9.17) is 0 Å². The molecule has 3 nitrogen and oxygen atoms in total. The van der Waals surface area contributed by atoms with Crippen molar-refractivity contribution < 1.29 is 0 Å². The van der Waals surface area contributed by atoms with E-state index in [0.717, 1.165) is 29.3 Å². The molecule has 0 aliphatic carbocycles. The third-order valence-corrected chi connectivity index (χ3v) is 4.97. The molecular formula is C15H23N3S. The monoisotopic (exact) mass is 277 g/mol. The third kappa shape index (κ3) is 3.66. The van der Waals surface area contributed by atoms with Crippen molar-refractivity contribution >= 4 is 28.7 Å². The Morgan fingerprint density at radius 1 is 1.32 bits per heavy atom. The fourth-order valence-electron chi connectivity index (χ4n) is 1.79. The SMILES string of the molecule is CCC(C)(C)SCCN(C)c1nc2ccccc2[nH]1. The molecule has 4 heteroatoms. The van der Waals surface area contributed by atoms with Crippen molar-refractivity contribution in [3.63, 3.8) is 0 Å². The Morgan fingerprint density at radius 3 is 2.74 bits per heavy atom. The summed E-state index contributed by atoms with van der Waals surface area (Å²) in [5, 5.41) is 0. The van der Waals surface area contributed by atoms with Crippen LogP contribution in [0.3, 0.4) is 0 Å². The Bertz CT molecular complexity index is 500. The Labute approximate surface area is 119 Å². The lowest BCUT2D eigenvalue weighted by molar-refractivity contribution is 0.684. The van der Waals surface area contributed by atoms with Crippen molar-refractivity contribution in [1.29, 1.82) is 0 Å². The molecule has 0 radical (unpaired) electrons. The van der Waals surface area contributed by atoms with E-state index >= 15 is 0 Å². The van der Waals surface area contributed by atoms with Crippen LogP contribution in [0.4, 0.5) is 5.95 Å². The van der Waals surface area contributed by atoms with E-state index in [1.807, 2.05) is 30.0 Å². The zero-order valence-electron chi connectivity index (χ0n) is 12.2. The lowest BCUT2D eigenvalue weighted by atomic mass is 10.1. The highest BCUT2D eigenvalue weighted by Gasteiger charge is 2.15. The van der Waals surface area contributed by atoms with Gasteiger partial charge in [0.25, 0.3) is 0 Å². The topological polar surface area (TPSA) is 31.9 Å². The summed E-state index contributed by atoms with van der Waals surface area (Å²) in [5.41, 5.74) is 2.14. The number of nitrogens with one attached hydrogen (secondary N) is 1. The van der Waals surface area contributed by atoms with Gasteiger partial charge in [-0.15, -0.1) is 0 Å². The maximum Gasteiger partial charge on any atom is 0.203 e. The normalized spacial score (nSPS) is 12.0. The van der Waals surface area contributed by atoms with Crippen LogP contribution < -0.4 is 4.90 Å². The lowest BCUT2D eigenvalue weighted by Crippen LogP contribution is -2.24. The number of para-hydroxylation sites is 2. The predicted molar refractivity (Wildman–Crippen MR) is 86.2 cm³/mol. The first-order valence-electron chi connectivity index (χ1n) is 6.82. The maximum absolute atomic E-state index is 4.61. The van der Waals surface area contributed by atoms with Gasteiger partial charge in [0.1, 0.15) is 0 Å². The molecule has 0 saturated heterocycles. The number of nitrogens with zero attached hydrogens (tertiary/aromatic N) is 2. The van der Waals surface area contributed by atoms with Gasteiger partial charge in [0.05, 0.1) is 11.0 Å². The molecule has 1 heterocycles. The van der Waals surface area contributed by atoms with Crippen molar-refractivity contribution in [3.8, 4) is 0 Å². The zero-order chi connectivity index (χ0) is 13.9. The quantitative estimate of drug-likeness (QED) is 0.868. The molecular weight excluding hydrogens is 254 g/mol. The van der Waals surface area contributed by atoms with Crippen LogP contribution >= 0.6 is 11.8 Å². The van der Waals surface area contributed by atoms with Crippen LogP contribution in [-0.2, 0) is 0 Å². The van der Waals surface area contributed by atoms with Gasteiger partial charge in [0.15, 0.2) is 0 Å². The Balaban J connectivity index is 1.94. The second-order valence-electron chi connectivity index (χ2n) is 5.46. The molecule has 0 bridgehead atoms. The van der Waals surface area contributed by atoms with Crippen LogP contribution in [0, 0.1) is 0 Å². The summed E-state index contributed by atoms with van der Waals surface area (Å²) in [6.07, 6.45) is 1.20. The predicted octanol–water partition coefficient (Wildman–Crippen LogP) is 3.92. The highest BCUT2D eigenvalue weighted by molar-refractivity contribution is 8.00. The second-order valence-corrected chi connectivity index (χ2v) is 7.26. The molecule has 104 valence electrons. The minimum absolute atomic E-state index is 0.370. The maximum atomic E-state index is 4.61. The molecule has 1 N–H and O–H groups in total. The average molecular weight is 277 g/mol. The van der Waals surface area contributed by atoms with Gasteiger partial charge in [-0.25, -0.2) is 4.98 Å². The van der Waals surface area contributed by atoms with Crippen LogP contribution in [-0.4, -0.2) is 34.1 Å². The van der Waals surface area contributed by atoms with Crippen molar-refractivity contribution in [2.45, 2.75) is 31.9 Å². The van der Waals surface area contributed by atoms with Crippen LogP contribution in [0.25, 0.3) is 11.0 Å². The van der Waals surface area contributed by atoms with Crippen LogP contribution in [0.1, 0.15) is 27.2 Å². The first kappa shape index (κ1) is 14.3. The van der Waals surface area contributed by atoms with Gasteiger partial charge in [-0.3, -0.25) is 0 Å². The van der Waals surface area contributed by atoms with Gasteiger partial charge < -0.3 is 9.88 Å². The summed E-state index contributed by atoms with van der Waals surface area (Å²) in [6, 6.07) is 8.16. The molecule has 0 amide bonds. The Morgan fingerprint density at radius 2 is 2.05 bits per heavy atom. The molecule has 0 saturated carbocycles. The minimum atomic E-state index is 0.370. The smallest absolute Gasteiger partial charge is 0.203 e. The number of hydrogen-bond donors (Lipinski definition) is 1. The first-order valence-corrected chi connectivity index (χ1v) is 7.80. The summed E-state index contributed by atoms with van der Waals surface area (Å²) < 4.78 is 0.370. The van der Waals surface area contributed by atoms with Crippen molar-refractivity contribution in [3.05, 3.63) is 24.3 Å². The van der Waals surface area contributed by atoms with E-state index in [0.29, 0.717) is 4.75 Å². The Hall–Kier alpha value is -1.16. The molecule has 2 rings (SSSR count). The summed E-state index contributed by atoms with van der Waals surface area (Å²) in [6.45, 7) is 7.86.